The van der Waals surface area contributed by atoms with Crippen LogP contribution in [0, 0.1) is 11.3 Å². The van der Waals surface area contributed by atoms with Crippen LogP contribution in [0.15, 0.2) is 64.2 Å². The summed E-state index contributed by atoms with van der Waals surface area (Å²) in [6.45, 7) is 0. The molecule has 3 aromatic rings. The molecule has 0 aliphatic heterocycles. The first-order valence-electron chi connectivity index (χ1n) is 7.46. The monoisotopic (exact) mass is 350 g/mol. The van der Waals surface area contributed by atoms with E-state index < -0.39 is 0 Å². The van der Waals surface area contributed by atoms with Crippen LogP contribution in [0.25, 0.3) is 11.5 Å². The predicted molar refractivity (Wildman–Crippen MR) is 94.7 cm³/mol. The maximum Gasteiger partial charge on any atom is 0.173 e. The fourth-order valence-corrected chi connectivity index (χ4v) is 3.08. The topological polar surface area (TPSA) is 76.1 Å². The van der Waals surface area contributed by atoms with Gasteiger partial charge in [-0.2, -0.15) is 5.26 Å². The van der Waals surface area contributed by atoms with Gasteiger partial charge in [0.15, 0.2) is 11.5 Å². The minimum Gasteiger partial charge on any atom is -0.497 e. The molecule has 0 spiro atoms. The Bertz CT molecular complexity index is 930. The molecule has 2 aromatic heterocycles. The van der Waals surface area contributed by atoms with Crippen molar-refractivity contribution in [1.29, 1.82) is 5.26 Å². The third kappa shape index (κ3) is 3.90. The number of carbonyl (C=O) groups excluding carboxylic acids is 1. The number of benzene rings is 1. The Morgan fingerprint density at radius 1 is 1.28 bits per heavy atom. The number of ether oxygens (including phenoxy) is 1. The van der Waals surface area contributed by atoms with Crippen molar-refractivity contribution in [2.75, 3.05) is 12.9 Å². The molecule has 3 rings (SSSR count). The number of hydrogen-bond donors (Lipinski definition) is 0. The molecule has 124 valence electrons. The number of nitriles is 1. The quantitative estimate of drug-likeness (QED) is 0.490. The fraction of sp³-hybridized carbons (Fsp3) is 0.105. The molecular weight excluding hydrogens is 336 g/mol. The summed E-state index contributed by atoms with van der Waals surface area (Å²) in [6.07, 6.45) is 1.56. The fourth-order valence-electron chi connectivity index (χ4n) is 2.21. The molecule has 0 unspecified atom stereocenters. The lowest BCUT2D eigenvalue weighted by Gasteiger charge is -2.06. The lowest BCUT2D eigenvalue weighted by molar-refractivity contribution is 0.102. The van der Waals surface area contributed by atoms with E-state index in [1.807, 2.05) is 0 Å². The number of aromatic nitrogens is 1. The highest BCUT2D eigenvalue weighted by atomic mass is 32.2. The molecule has 0 saturated heterocycles. The Morgan fingerprint density at radius 3 is 2.88 bits per heavy atom. The van der Waals surface area contributed by atoms with Gasteiger partial charge in [-0.05, 0) is 36.4 Å². The van der Waals surface area contributed by atoms with Gasteiger partial charge in [0.2, 0.25) is 0 Å². The van der Waals surface area contributed by atoms with Crippen LogP contribution in [0.1, 0.15) is 15.9 Å². The summed E-state index contributed by atoms with van der Waals surface area (Å²) in [6, 6.07) is 16.1. The average molecular weight is 350 g/mol. The molecule has 0 radical (unpaired) electrons. The zero-order chi connectivity index (χ0) is 17.6. The molecule has 0 bridgehead atoms. The van der Waals surface area contributed by atoms with Crippen molar-refractivity contribution in [3.8, 4) is 23.3 Å². The second-order valence-electron chi connectivity index (χ2n) is 5.08. The van der Waals surface area contributed by atoms with E-state index >= 15 is 0 Å². The van der Waals surface area contributed by atoms with Gasteiger partial charge in [-0.15, -0.1) is 0 Å². The summed E-state index contributed by atoms with van der Waals surface area (Å²) < 4.78 is 10.5. The molecule has 1 aromatic carbocycles. The molecule has 0 N–H and O–H groups in total. The zero-order valence-electron chi connectivity index (χ0n) is 13.4. The van der Waals surface area contributed by atoms with Crippen LogP contribution in [0.5, 0.6) is 5.75 Å². The Hall–Kier alpha value is -3.04. The zero-order valence-corrected chi connectivity index (χ0v) is 14.2. The third-order valence-corrected chi connectivity index (χ3v) is 4.48. The summed E-state index contributed by atoms with van der Waals surface area (Å²) in [5.74, 6) is 1.37. The molecule has 2 heterocycles. The number of pyridine rings is 1. The minimum absolute atomic E-state index is 0.0574. The molecular formula is C19H14N2O3S. The van der Waals surface area contributed by atoms with Crippen molar-refractivity contribution in [2.45, 2.75) is 5.03 Å². The van der Waals surface area contributed by atoms with E-state index in [9.17, 15) is 10.1 Å². The van der Waals surface area contributed by atoms with Gasteiger partial charge < -0.3 is 9.15 Å². The van der Waals surface area contributed by atoms with Crippen molar-refractivity contribution >= 4 is 17.5 Å². The van der Waals surface area contributed by atoms with Crippen molar-refractivity contribution in [3.63, 3.8) is 0 Å². The lowest BCUT2D eigenvalue weighted by atomic mass is 10.1. The van der Waals surface area contributed by atoms with Crippen LogP contribution in [0.2, 0.25) is 0 Å². The Labute approximate surface area is 149 Å². The van der Waals surface area contributed by atoms with Crippen molar-refractivity contribution < 1.29 is 13.9 Å². The third-order valence-electron chi connectivity index (χ3n) is 3.49. The molecule has 5 nitrogen and oxygen atoms in total. The summed E-state index contributed by atoms with van der Waals surface area (Å²) in [4.78, 5) is 16.8. The highest BCUT2D eigenvalue weighted by Gasteiger charge is 2.13. The maximum atomic E-state index is 12.4. The molecule has 0 amide bonds. The predicted octanol–water partition coefficient (Wildman–Crippen LogP) is 4.20. The second-order valence-corrected chi connectivity index (χ2v) is 6.05. The average Bonchev–Trinajstić information content (AvgIpc) is 3.20. The molecule has 0 fully saturated rings. The Balaban J connectivity index is 1.79. The molecule has 6 heteroatoms. The lowest BCUT2D eigenvalue weighted by Crippen LogP contribution is -2.03. The highest BCUT2D eigenvalue weighted by molar-refractivity contribution is 8.00. The van der Waals surface area contributed by atoms with E-state index in [1.54, 1.807) is 61.9 Å². The van der Waals surface area contributed by atoms with Gasteiger partial charge in [0.1, 0.15) is 22.5 Å². The summed E-state index contributed by atoms with van der Waals surface area (Å²) in [7, 11) is 1.56. The van der Waals surface area contributed by atoms with Gasteiger partial charge in [0.05, 0.1) is 24.7 Å². The van der Waals surface area contributed by atoms with Crippen molar-refractivity contribution in [1.82, 2.24) is 4.98 Å². The van der Waals surface area contributed by atoms with Crippen LogP contribution in [-0.4, -0.2) is 23.6 Å². The molecule has 0 aliphatic rings. The van der Waals surface area contributed by atoms with E-state index in [1.165, 1.54) is 11.8 Å². The van der Waals surface area contributed by atoms with Gasteiger partial charge in [0.25, 0.3) is 0 Å². The smallest absolute Gasteiger partial charge is 0.173 e. The van der Waals surface area contributed by atoms with Gasteiger partial charge in [-0.25, -0.2) is 4.98 Å². The number of nitrogens with zero attached hydrogens (tertiary/aromatic N) is 2. The number of furan rings is 1. The minimum atomic E-state index is -0.0574. The first-order valence-corrected chi connectivity index (χ1v) is 8.45. The summed E-state index contributed by atoms with van der Waals surface area (Å²) in [5.41, 5.74) is 1.62. The molecule has 0 aliphatic carbocycles. The highest BCUT2D eigenvalue weighted by Crippen LogP contribution is 2.26. The standard InChI is InChI=1S/C19H14N2O3S/c1-23-15-5-2-4-13(10-15)17(22)12-25-19-14(11-20)7-8-16(21-19)18-6-3-9-24-18/h2-10H,12H2,1H3. The van der Waals surface area contributed by atoms with Gasteiger partial charge >= 0.3 is 0 Å². The number of rotatable bonds is 6. The van der Waals surface area contributed by atoms with Crippen LogP contribution in [0.3, 0.4) is 0 Å². The number of ketones is 1. The van der Waals surface area contributed by atoms with Gasteiger partial charge in [0, 0.05) is 5.56 Å². The maximum absolute atomic E-state index is 12.4. The number of Topliss-reactive ketones (excluding diaryl/α,β-unsaturated/α-hetero) is 1. The molecule has 0 saturated carbocycles. The SMILES string of the molecule is COc1cccc(C(=O)CSc2nc(-c3ccco3)ccc2C#N)c1. The Morgan fingerprint density at radius 2 is 2.16 bits per heavy atom. The first-order chi connectivity index (χ1) is 12.2. The summed E-state index contributed by atoms with van der Waals surface area (Å²) in [5, 5.41) is 9.77. The van der Waals surface area contributed by atoms with Crippen LogP contribution >= 0.6 is 11.8 Å². The van der Waals surface area contributed by atoms with E-state index in [0.717, 1.165) is 0 Å². The van der Waals surface area contributed by atoms with Gasteiger partial charge in [-0.3, -0.25) is 4.79 Å². The molecule has 25 heavy (non-hydrogen) atoms. The van der Waals surface area contributed by atoms with Crippen LogP contribution in [-0.2, 0) is 0 Å². The first kappa shape index (κ1) is 16.8. The van der Waals surface area contributed by atoms with E-state index in [2.05, 4.69) is 11.1 Å². The Kier molecular flexibility index (Phi) is 5.17. The number of hydrogen-bond acceptors (Lipinski definition) is 6. The van der Waals surface area contributed by atoms with Crippen LogP contribution < -0.4 is 4.74 Å². The number of carbonyl (C=O) groups is 1. The van der Waals surface area contributed by atoms with E-state index in [0.29, 0.717) is 33.4 Å². The van der Waals surface area contributed by atoms with Crippen molar-refractivity contribution in [3.05, 3.63) is 65.9 Å². The number of thioether (sulfide) groups is 1. The van der Waals surface area contributed by atoms with Gasteiger partial charge in [-0.1, -0.05) is 23.9 Å². The molecule has 0 atom stereocenters. The normalized spacial score (nSPS) is 10.2. The largest absolute Gasteiger partial charge is 0.497 e. The van der Waals surface area contributed by atoms with E-state index in [4.69, 9.17) is 9.15 Å². The second kappa shape index (κ2) is 7.69. The van der Waals surface area contributed by atoms with Crippen molar-refractivity contribution in [2.24, 2.45) is 0 Å². The number of methoxy groups -OCH3 is 1. The van der Waals surface area contributed by atoms with Crippen LogP contribution in [0.4, 0.5) is 0 Å². The summed E-state index contributed by atoms with van der Waals surface area (Å²) >= 11 is 1.23. The van der Waals surface area contributed by atoms with E-state index in [-0.39, 0.29) is 11.5 Å².